The van der Waals surface area contributed by atoms with Crippen LogP contribution in [0.1, 0.15) is 30.9 Å². The number of carbonyl (C=O) groups excluding carboxylic acids is 1. The number of benzene rings is 2. The number of halogens is 1. The summed E-state index contributed by atoms with van der Waals surface area (Å²) in [5.74, 6) is 1.37. The van der Waals surface area contributed by atoms with Gasteiger partial charge in [0.05, 0.1) is 6.54 Å². The van der Waals surface area contributed by atoms with E-state index in [9.17, 15) is 4.79 Å². The zero-order valence-electron chi connectivity index (χ0n) is 17.3. The van der Waals surface area contributed by atoms with Gasteiger partial charge in [0.1, 0.15) is 5.75 Å². The van der Waals surface area contributed by atoms with Crippen LogP contribution in [-0.4, -0.2) is 37.6 Å². The van der Waals surface area contributed by atoms with Crippen LogP contribution in [0.4, 0.5) is 0 Å². The topological polar surface area (TPSA) is 74.8 Å². The molecule has 1 amide bonds. The van der Waals surface area contributed by atoms with Crippen molar-refractivity contribution in [2.75, 3.05) is 19.7 Å². The van der Waals surface area contributed by atoms with Gasteiger partial charge in [0.2, 0.25) is 0 Å². The lowest BCUT2D eigenvalue weighted by molar-refractivity contribution is -0.123. The minimum atomic E-state index is -0.0692. The van der Waals surface area contributed by atoms with Crippen LogP contribution in [0, 0.1) is 0 Å². The lowest BCUT2D eigenvalue weighted by Gasteiger charge is -2.12. The van der Waals surface area contributed by atoms with Crippen molar-refractivity contribution in [2.24, 2.45) is 4.99 Å². The minimum Gasteiger partial charge on any atom is -0.484 e. The summed E-state index contributed by atoms with van der Waals surface area (Å²) < 4.78 is 5.61. The fourth-order valence-corrected chi connectivity index (χ4v) is 2.99. The number of nitrogens with zero attached hydrogens (tertiary/aromatic N) is 1. The molecule has 1 aliphatic rings. The molecule has 1 saturated carbocycles. The third-order valence-corrected chi connectivity index (χ3v) is 4.85. The van der Waals surface area contributed by atoms with E-state index in [4.69, 9.17) is 16.3 Å². The molecule has 0 atom stereocenters. The van der Waals surface area contributed by atoms with Crippen LogP contribution in [0.3, 0.4) is 0 Å². The van der Waals surface area contributed by atoms with Gasteiger partial charge in [0.25, 0.3) is 5.91 Å². The predicted molar refractivity (Wildman–Crippen MR) is 121 cm³/mol. The summed E-state index contributed by atoms with van der Waals surface area (Å²) in [6.07, 6.45) is 3.02. The van der Waals surface area contributed by atoms with E-state index in [-0.39, 0.29) is 12.5 Å². The van der Waals surface area contributed by atoms with Crippen LogP contribution < -0.4 is 20.7 Å². The van der Waals surface area contributed by atoms with Gasteiger partial charge >= 0.3 is 0 Å². The highest BCUT2D eigenvalue weighted by molar-refractivity contribution is 6.30. The summed E-state index contributed by atoms with van der Waals surface area (Å²) in [5, 5.41) is 10.3. The molecule has 0 spiro atoms. The molecule has 3 rings (SSSR count). The van der Waals surface area contributed by atoms with E-state index in [1.54, 1.807) is 0 Å². The number of rotatable bonds is 10. The van der Waals surface area contributed by atoms with Gasteiger partial charge in [-0.25, -0.2) is 4.99 Å². The average Bonchev–Trinajstić information content (AvgIpc) is 3.56. The predicted octanol–water partition coefficient (Wildman–Crippen LogP) is 3.30. The van der Waals surface area contributed by atoms with E-state index in [0.717, 1.165) is 48.9 Å². The molecule has 0 aliphatic heterocycles. The lowest BCUT2D eigenvalue weighted by Crippen LogP contribution is -2.38. The molecule has 3 N–H and O–H groups in total. The van der Waals surface area contributed by atoms with Gasteiger partial charge in [-0.05, 0) is 61.6 Å². The van der Waals surface area contributed by atoms with Crippen molar-refractivity contribution in [1.29, 1.82) is 0 Å². The van der Waals surface area contributed by atoms with Crippen LogP contribution in [0.2, 0.25) is 5.02 Å². The third-order valence-electron chi connectivity index (χ3n) is 4.59. The van der Waals surface area contributed by atoms with E-state index < -0.39 is 0 Å². The van der Waals surface area contributed by atoms with Crippen molar-refractivity contribution in [3.05, 3.63) is 64.7 Å². The smallest absolute Gasteiger partial charge is 0.258 e. The van der Waals surface area contributed by atoms with Gasteiger partial charge in [-0.3, -0.25) is 4.79 Å². The lowest BCUT2D eigenvalue weighted by atomic mass is 10.1. The highest BCUT2D eigenvalue weighted by atomic mass is 35.5. The molecule has 1 fully saturated rings. The Labute approximate surface area is 183 Å². The first-order chi connectivity index (χ1) is 14.6. The van der Waals surface area contributed by atoms with Crippen LogP contribution in [0.25, 0.3) is 0 Å². The molecule has 0 aromatic heterocycles. The van der Waals surface area contributed by atoms with Gasteiger partial charge in [-0.1, -0.05) is 35.9 Å². The first-order valence-corrected chi connectivity index (χ1v) is 10.8. The number of aliphatic imine (C=N–C) groups is 1. The van der Waals surface area contributed by atoms with Crippen LogP contribution in [0.5, 0.6) is 5.75 Å². The maximum Gasteiger partial charge on any atom is 0.258 e. The number of nitrogens with one attached hydrogen (secondary N) is 3. The molecular formula is C23H29ClN4O2. The van der Waals surface area contributed by atoms with Crippen molar-refractivity contribution in [3.8, 4) is 5.75 Å². The Morgan fingerprint density at radius 1 is 1.13 bits per heavy atom. The Morgan fingerprint density at radius 3 is 2.67 bits per heavy atom. The Bertz CT molecular complexity index is 851. The third kappa shape index (κ3) is 7.95. The molecule has 0 saturated heterocycles. The van der Waals surface area contributed by atoms with E-state index in [0.29, 0.717) is 18.3 Å². The standard InChI is InChI=1S/C23H29ClN4O2/c1-2-25-23(26-13-12-17-6-8-19(24)9-7-17)27-15-18-4-3-5-21(14-18)30-16-22(29)28-20-10-11-20/h3-9,14,20H,2,10-13,15-16H2,1H3,(H,28,29)(H2,25,26,27). The normalized spacial score (nSPS) is 13.6. The van der Waals surface area contributed by atoms with Crippen LogP contribution in [0.15, 0.2) is 53.5 Å². The van der Waals surface area contributed by atoms with Gasteiger partial charge < -0.3 is 20.7 Å². The molecule has 7 heteroatoms. The van der Waals surface area contributed by atoms with Crippen molar-refractivity contribution >= 4 is 23.5 Å². The first kappa shape index (κ1) is 22.0. The molecule has 0 heterocycles. The minimum absolute atomic E-state index is 0.0398. The summed E-state index contributed by atoms with van der Waals surface area (Å²) in [5.41, 5.74) is 2.24. The summed E-state index contributed by atoms with van der Waals surface area (Å²) in [6, 6.07) is 15.9. The van der Waals surface area contributed by atoms with E-state index >= 15 is 0 Å². The summed E-state index contributed by atoms with van der Waals surface area (Å²) in [7, 11) is 0. The maximum absolute atomic E-state index is 11.8. The maximum atomic E-state index is 11.8. The van der Waals surface area contributed by atoms with Gasteiger partial charge in [-0.2, -0.15) is 0 Å². The fourth-order valence-electron chi connectivity index (χ4n) is 2.87. The molecule has 2 aromatic carbocycles. The van der Waals surface area contributed by atoms with Crippen molar-refractivity contribution in [1.82, 2.24) is 16.0 Å². The van der Waals surface area contributed by atoms with Gasteiger partial charge in [0.15, 0.2) is 12.6 Å². The van der Waals surface area contributed by atoms with Gasteiger partial charge in [0, 0.05) is 24.2 Å². The van der Waals surface area contributed by atoms with E-state index in [2.05, 4.69) is 20.9 Å². The highest BCUT2D eigenvalue weighted by Gasteiger charge is 2.23. The molecule has 6 nitrogen and oxygen atoms in total. The largest absolute Gasteiger partial charge is 0.484 e. The number of hydrogen-bond acceptors (Lipinski definition) is 3. The van der Waals surface area contributed by atoms with Crippen molar-refractivity contribution in [3.63, 3.8) is 0 Å². The zero-order valence-corrected chi connectivity index (χ0v) is 18.0. The van der Waals surface area contributed by atoms with E-state index in [1.165, 1.54) is 5.56 Å². The van der Waals surface area contributed by atoms with Crippen LogP contribution >= 0.6 is 11.6 Å². The Hall–Kier alpha value is -2.73. The second-order valence-corrected chi connectivity index (χ2v) is 7.71. The molecule has 0 radical (unpaired) electrons. The number of hydrogen-bond donors (Lipinski definition) is 3. The summed E-state index contributed by atoms with van der Waals surface area (Å²) in [6.45, 7) is 4.15. The van der Waals surface area contributed by atoms with Crippen molar-refractivity contribution in [2.45, 2.75) is 38.8 Å². The molecule has 2 aromatic rings. The van der Waals surface area contributed by atoms with E-state index in [1.807, 2.05) is 55.5 Å². The molecule has 30 heavy (non-hydrogen) atoms. The highest BCUT2D eigenvalue weighted by Crippen LogP contribution is 2.18. The molecule has 0 unspecified atom stereocenters. The molecule has 1 aliphatic carbocycles. The monoisotopic (exact) mass is 428 g/mol. The Kier molecular flexibility index (Phi) is 8.39. The summed E-state index contributed by atoms with van der Waals surface area (Å²) >= 11 is 5.93. The molecule has 160 valence electrons. The summed E-state index contributed by atoms with van der Waals surface area (Å²) in [4.78, 5) is 16.4. The second kappa shape index (κ2) is 11.5. The molecular weight excluding hydrogens is 400 g/mol. The van der Waals surface area contributed by atoms with Crippen molar-refractivity contribution < 1.29 is 9.53 Å². The Morgan fingerprint density at radius 2 is 1.93 bits per heavy atom. The number of ether oxygens (including phenoxy) is 1. The molecule has 0 bridgehead atoms. The first-order valence-electron chi connectivity index (χ1n) is 10.4. The number of amides is 1. The number of carbonyl (C=O) groups is 1. The number of guanidine groups is 1. The second-order valence-electron chi connectivity index (χ2n) is 7.28. The average molecular weight is 429 g/mol. The quantitative estimate of drug-likeness (QED) is 0.401. The van der Waals surface area contributed by atoms with Crippen LogP contribution in [-0.2, 0) is 17.8 Å². The SMILES string of the molecule is CCNC(=NCc1cccc(OCC(=O)NC2CC2)c1)NCCc1ccc(Cl)cc1. The zero-order chi connectivity index (χ0) is 21.2. The fraction of sp³-hybridized carbons (Fsp3) is 0.391. The Balaban J connectivity index is 1.47. The van der Waals surface area contributed by atoms with Gasteiger partial charge in [-0.15, -0.1) is 0 Å².